The highest BCUT2D eigenvalue weighted by Gasteiger charge is 2.18. The van der Waals surface area contributed by atoms with E-state index in [4.69, 9.17) is 16.1 Å². The molecular formula is C17H14ClN3O2. The van der Waals surface area contributed by atoms with Gasteiger partial charge in [-0.05, 0) is 24.3 Å². The average Bonchev–Trinajstić information content (AvgIpc) is 3.05. The molecule has 0 radical (unpaired) electrons. The Kier molecular flexibility index (Phi) is 4.39. The number of carbonyl (C=O) groups is 1. The normalized spacial score (nSPS) is 10.5. The Hall–Kier alpha value is -2.66. The van der Waals surface area contributed by atoms with Gasteiger partial charge in [-0.1, -0.05) is 35.0 Å². The molecule has 0 aliphatic carbocycles. The van der Waals surface area contributed by atoms with E-state index in [1.165, 1.54) is 4.90 Å². The van der Waals surface area contributed by atoms with Gasteiger partial charge in [-0.3, -0.25) is 9.78 Å². The summed E-state index contributed by atoms with van der Waals surface area (Å²) in [7, 11) is 1.69. The summed E-state index contributed by atoms with van der Waals surface area (Å²) in [4.78, 5) is 18.1. The van der Waals surface area contributed by atoms with Gasteiger partial charge in [0.25, 0.3) is 5.91 Å². The van der Waals surface area contributed by atoms with Crippen molar-refractivity contribution in [2.45, 2.75) is 6.54 Å². The maximum absolute atomic E-state index is 12.4. The molecular weight excluding hydrogens is 314 g/mol. The van der Waals surface area contributed by atoms with Crippen LogP contribution in [0, 0.1) is 0 Å². The first kappa shape index (κ1) is 15.2. The molecule has 0 aliphatic heterocycles. The smallest absolute Gasteiger partial charge is 0.292 e. The highest BCUT2D eigenvalue weighted by molar-refractivity contribution is 6.30. The second-order valence-corrected chi connectivity index (χ2v) is 5.51. The SMILES string of the molecule is CN(Cc1ccccn1)C(=O)c1cc(-c2cccc(Cl)c2)no1. The number of hydrogen-bond donors (Lipinski definition) is 0. The lowest BCUT2D eigenvalue weighted by Crippen LogP contribution is -2.26. The fourth-order valence-electron chi connectivity index (χ4n) is 2.15. The zero-order valence-electron chi connectivity index (χ0n) is 12.4. The molecule has 1 amide bonds. The van der Waals surface area contributed by atoms with Crippen molar-refractivity contribution in [3.63, 3.8) is 0 Å². The van der Waals surface area contributed by atoms with E-state index in [9.17, 15) is 4.79 Å². The quantitative estimate of drug-likeness (QED) is 0.733. The number of aromatic nitrogens is 2. The van der Waals surface area contributed by atoms with Gasteiger partial charge in [0.15, 0.2) is 0 Å². The van der Waals surface area contributed by atoms with Crippen molar-refractivity contribution >= 4 is 17.5 Å². The van der Waals surface area contributed by atoms with Crippen LogP contribution in [0.1, 0.15) is 16.2 Å². The summed E-state index contributed by atoms with van der Waals surface area (Å²) in [5.74, 6) is -0.0742. The van der Waals surface area contributed by atoms with Gasteiger partial charge in [-0.15, -0.1) is 0 Å². The minimum absolute atomic E-state index is 0.179. The molecule has 2 aromatic heterocycles. The Bertz CT molecular complexity index is 817. The first-order chi connectivity index (χ1) is 11.1. The fraction of sp³-hybridized carbons (Fsp3) is 0.118. The number of nitrogens with zero attached hydrogens (tertiary/aromatic N) is 3. The van der Waals surface area contributed by atoms with Crippen LogP contribution in [0.3, 0.4) is 0 Å². The Morgan fingerprint density at radius 3 is 2.83 bits per heavy atom. The molecule has 6 heteroatoms. The molecule has 0 saturated heterocycles. The predicted octanol–water partition coefficient (Wildman–Crippen LogP) is 3.66. The average molecular weight is 328 g/mol. The number of rotatable bonds is 4. The molecule has 116 valence electrons. The molecule has 5 nitrogen and oxygen atoms in total. The summed E-state index contributed by atoms with van der Waals surface area (Å²) in [6.07, 6.45) is 1.69. The molecule has 2 heterocycles. The van der Waals surface area contributed by atoms with E-state index in [-0.39, 0.29) is 11.7 Å². The maximum atomic E-state index is 12.4. The van der Waals surface area contributed by atoms with E-state index in [1.54, 1.807) is 31.4 Å². The number of hydrogen-bond acceptors (Lipinski definition) is 4. The van der Waals surface area contributed by atoms with Crippen LogP contribution < -0.4 is 0 Å². The number of benzene rings is 1. The van der Waals surface area contributed by atoms with Crippen LogP contribution in [0.15, 0.2) is 59.3 Å². The zero-order chi connectivity index (χ0) is 16.2. The van der Waals surface area contributed by atoms with E-state index in [0.29, 0.717) is 17.3 Å². The Morgan fingerprint density at radius 2 is 2.09 bits per heavy atom. The molecule has 3 aromatic rings. The summed E-state index contributed by atoms with van der Waals surface area (Å²) in [6, 6.07) is 14.4. The largest absolute Gasteiger partial charge is 0.350 e. The lowest BCUT2D eigenvalue weighted by atomic mass is 10.1. The summed E-state index contributed by atoms with van der Waals surface area (Å²) < 4.78 is 5.17. The van der Waals surface area contributed by atoms with Gasteiger partial charge in [0, 0.05) is 29.9 Å². The first-order valence-electron chi connectivity index (χ1n) is 7.01. The lowest BCUT2D eigenvalue weighted by molar-refractivity contribution is 0.0742. The summed E-state index contributed by atoms with van der Waals surface area (Å²) in [6.45, 7) is 0.396. The van der Waals surface area contributed by atoms with Gasteiger partial charge >= 0.3 is 0 Å². The number of carbonyl (C=O) groups excluding carboxylic acids is 1. The molecule has 1 aromatic carbocycles. The van der Waals surface area contributed by atoms with Gasteiger partial charge in [-0.2, -0.15) is 0 Å². The number of amides is 1. The van der Waals surface area contributed by atoms with Gasteiger partial charge in [0.1, 0.15) is 5.69 Å². The predicted molar refractivity (Wildman–Crippen MR) is 87.0 cm³/mol. The van der Waals surface area contributed by atoms with Crippen LogP contribution in [0.5, 0.6) is 0 Å². The van der Waals surface area contributed by atoms with E-state index in [2.05, 4.69) is 10.1 Å². The van der Waals surface area contributed by atoms with Gasteiger partial charge in [-0.25, -0.2) is 0 Å². The second-order valence-electron chi connectivity index (χ2n) is 5.07. The highest BCUT2D eigenvalue weighted by atomic mass is 35.5. The Labute approximate surface area is 138 Å². The topological polar surface area (TPSA) is 59.2 Å². The molecule has 0 saturated carbocycles. The van der Waals surface area contributed by atoms with Gasteiger partial charge in [0.05, 0.1) is 12.2 Å². The zero-order valence-corrected chi connectivity index (χ0v) is 13.2. The molecule has 0 unspecified atom stereocenters. The van der Waals surface area contributed by atoms with Crippen molar-refractivity contribution in [3.05, 3.63) is 71.2 Å². The van der Waals surface area contributed by atoms with Crippen LogP contribution in [-0.2, 0) is 6.54 Å². The second kappa shape index (κ2) is 6.62. The third-order valence-electron chi connectivity index (χ3n) is 3.31. The number of halogens is 1. The third kappa shape index (κ3) is 3.57. The van der Waals surface area contributed by atoms with Crippen molar-refractivity contribution in [3.8, 4) is 11.3 Å². The van der Waals surface area contributed by atoms with Crippen LogP contribution in [0.4, 0.5) is 0 Å². The van der Waals surface area contributed by atoms with Gasteiger partial charge in [0.2, 0.25) is 5.76 Å². The molecule has 0 aliphatic rings. The van der Waals surface area contributed by atoms with Crippen molar-refractivity contribution in [2.24, 2.45) is 0 Å². The van der Waals surface area contributed by atoms with Crippen LogP contribution >= 0.6 is 11.6 Å². The summed E-state index contributed by atoms with van der Waals surface area (Å²) in [5, 5.41) is 4.54. The van der Waals surface area contributed by atoms with E-state index in [0.717, 1.165) is 11.3 Å². The van der Waals surface area contributed by atoms with Crippen molar-refractivity contribution in [1.82, 2.24) is 15.0 Å². The van der Waals surface area contributed by atoms with Crippen LogP contribution in [0.2, 0.25) is 5.02 Å². The van der Waals surface area contributed by atoms with Crippen molar-refractivity contribution in [2.75, 3.05) is 7.05 Å². The van der Waals surface area contributed by atoms with Crippen LogP contribution in [-0.4, -0.2) is 28.0 Å². The Balaban J connectivity index is 1.76. The molecule has 0 spiro atoms. The monoisotopic (exact) mass is 327 g/mol. The molecule has 23 heavy (non-hydrogen) atoms. The lowest BCUT2D eigenvalue weighted by Gasteiger charge is -2.14. The standard InChI is InChI=1S/C17H14ClN3O2/c1-21(11-14-7-2-3-8-19-14)17(22)16-10-15(20-23-16)12-5-4-6-13(18)9-12/h2-10H,11H2,1H3. The van der Waals surface area contributed by atoms with E-state index < -0.39 is 0 Å². The maximum Gasteiger partial charge on any atom is 0.292 e. The molecule has 0 atom stereocenters. The van der Waals surface area contributed by atoms with Crippen molar-refractivity contribution < 1.29 is 9.32 Å². The minimum atomic E-state index is -0.253. The molecule has 0 fully saturated rings. The molecule has 0 bridgehead atoms. The molecule has 3 rings (SSSR count). The minimum Gasteiger partial charge on any atom is -0.350 e. The highest BCUT2D eigenvalue weighted by Crippen LogP contribution is 2.23. The number of pyridine rings is 1. The van der Waals surface area contributed by atoms with E-state index >= 15 is 0 Å². The van der Waals surface area contributed by atoms with Crippen molar-refractivity contribution in [1.29, 1.82) is 0 Å². The van der Waals surface area contributed by atoms with Gasteiger partial charge < -0.3 is 9.42 Å². The first-order valence-corrected chi connectivity index (χ1v) is 7.39. The molecule has 0 N–H and O–H groups in total. The fourth-order valence-corrected chi connectivity index (χ4v) is 2.34. The summed E-state index contributed by atoms with van der Waals surface area (Å²) >= 11 is 5.96. The van der Waals surface area contributed by atoms with Crippen LogP contribution in [0.25, 0.3) is 11.3 Å². The summed E-state index contributed by atoms with van der Waals surface area (Å²) in [5.41, 5.74) is 2.17. The Morgan fingerprint density at radius 1 is 1.22 bits per heavy atom. The third-order valence-corrected chi connectivity index (χ3v) is 3.55. The van der Waals surface area contributed by atoms with E-state index in [1.807, 2.05) is 30.3 Å².